The third-order valence-corrected chi connectivity index (χ3v) is 1.69. The van der Waals surface area contributed by atoms with Gasteiger partial charge in [0.25, 0.3) is 0 Å². The maximum atomic E-state index is 6.06. The predicted molar refractivity (Wildman–Crippen MR) is 58.8 cm³/mol. The molecule has 5 N–H and O–H groups in total. The minimum atomic E-state index is -0.333. The van der Waals surface area contributed by atoms with E-state index in [2.05, 4.69) is 51.0 Å². The molecule has 0 aromatic carbocycles. The number of hydrogen-bond acceptors (Lipinski definition) is 2. The Hall–Kier alpha value is -0.770. The Morgan fingerprint density at radius 3 is 1.38 bits per heavy atom. The van der Waals surface area contributed by atoms with Gasteiger partial charge < -0.3 is 11.5 Å². The molecular formula is C9H24N4. The monoisotopic (exact) mass is 188 g/mol. The van der Waals surface area contributed by atoms with Crippen LogP contribution in [0.25, 0.3) is 0 Å². The van der Waals surface area contributed by atoms with Crippen LogP contribution < -0.4 is 11.5 Å². The van der Waals surface area contributed by atoms with Crippen LogP contribution in [-0.2, 0) is 0 Å². The summed E-state index contributed by atoms with van der Waals surface area (Å²) in [6, 6.07) is 1.38. The smallest absolute Gasteiger partial charge is 0.183 e. The number of guanidine groups is 1. The third kappa shape index (κ3) is 11.2. The van der Waals surface area contributed by atoms with Gasteiger partial charge in [0.2, 0.25) is 0 Å². The van der Waals surface area contributed by atoms with Gasteiger partial charge in [0.1, 0.15) is 0 Å². The van der Waals surface area contributed by atoms with Gasteiger partial charge in [0.05, 0.1) is 0 Å². The summed E-state index contributed by atoms with van der Waals surface area (Å²) in [6.07, 6.45) is 0. The molecule has 0 aromatic heterocycles. The van der Waals surface area contributed by atoms with Crippen LogP contribution in [0.2, 0.25) is 0 Å². The van der Waals surface area contributed by atoms with Crippen LogP contribution in [0.15, 0.2) is 0 Å². The Bertz CT molecular complexity index is 120. The van der Waals surface area contributed by atoms with Crippen LogP contribution in [0.1, 0.15) is 34.6 Å². The third-order valence-electron chi connectivity index (χ3n) is 1.69. The van der Waals surface area contributed by atoms with E-state index in [-0.39, 0.29) is 5.96 Å². The van der Waals surface area contributed by atoms with Gasteiger partial charge in [-0.25, -0.2) is 0 Å². The van der Waals surface area contributed by atoms with Gasteiger partial charge in [-0.15, -0.1) is 0 Å². The van der Waals surface area contributed by atoms with Crippen LogP contribution in [0, 0.1) is 5.41 Å². The SMILES string of the molecule is CCN(C(C)C)C(C)C.N=C(N)N. The fourth-order valence-electron chi connectivity index (χ4n) is 1.33. The largest absolute Gasteiger partial charge is 0.370 e. The number of nitrogens with one attached hydrogen (secondary N) is 1. The summed E-state index contributed by atoms with van der Waals surface area (Å²) in [4.78, 5) is 2.46. The maximum Gasteiger partial charge on any atom is 0.183 e. The molecule has 0 unspecified atom stereocenters. The Morgan fingerprint density at radius 2 is 1.38 bits per heavy atom. The zero-order valence-electron chi connectivity index (χ0n) is 9.46. The molecule has 0 atom stereocenters. The summed E-state index contributed by atoms with van der Waals surface area (Å²) in [5.41, 5.74) is 8.94. The molecule has 4 nitrogen and oxygen atoms in total. The van der Waals surface area contributed by atoms with Crippen molar-refractivity contribution in [1.29, 1.82) is 5.41 Å². The quantitative estimate of drug-likeness (QED) is 0.456. The second-order valence-electron chi connectivity index (χ2n) is 3.47. The summed E-state index contributed by atoms with van der Waals surface area (Å²) >= 11 is 0. The normalized spacial score (nSPS) is 10.2. The Morgan fingerprint density at radius 1 is 1.15 bits per heavy atom. The molecule has 0 saturated carbocycles. The summed E-state index contributed by atoms with van der Waals surface area (Å²) in [5.74, 6) is -0.333. The van der Waals surface area contributed by atoms with Crippen molar-refractivity contribution in [2.45, 2.75) is 46.7 Å². The fraction of sp³-hybridized carbons (Fsp3) is 0.889. The van der Waals surface area contributed by atoms with Gasteiger partial charge >= 0.3 is 0 Å². The number of nitrogens with two attached hydrogens (primary N) is 2. The average Bonchev–Trinajstić information content (AvgIpc) is 1.84. The maximum absolute atomic E-state index is 6.06. The molecule has 0 fully saturated rings. The molecule has 0 spiro atoms. The van der Waals surface area contributed by atoms with Gasteiger partial charge in [-0.3, -0.25) is 10.3 Å². The Labute approximate surface area is 81.8 Å². The highest BCUT2D eigenvalue weighted by Crippen LogP contribution is 2.02. The first-order valence-corrected chi connectivity index (χ1v) is 4.68. The summed E-state index contributed by atoms with van der Waals surface area (Å²) < 4.78 is 0. The fourth-order valence-corrected chi connectivity index (χ4v) is 1.33. The molecule has 0 aliphatic rings. The highest BCUT2D eigenvalue weighted by molar-refractivity contribution is 5.71. The molecule has 0 aliphatic carbocycles. The average molecular weight is 188 g/mol. The summed E-state index contributed by atoms with van der Waals surface area (Å²) in [7, 11) is 0. The Kier molecular flexibility index (Phi) is 8.91. The highest BCUT2D eigenvalue weighted by Gasteiger charge is 2.08. The van der Waals surface area contributed by atoms with Crippen LogP contribution in [0.3, 0.4) is 0 Å². The molecule has 13 heavy (non-hydrogen) atoms. The van der Waals surface area contributed by atoms with Crippen molar-refractivity contribution < 1.29 is 0 Å². The van der Waals surface area contributed by atoms with Gasteiger partial charge in [0, 0.05) is 12.1 Å². The van der Waals surface area contributed by atoms with E-state index >= 15 is 0 Å². The van der Waals surface area contributed by atoms with Crippen molar-refractivity contribution in [3.63, 3.8) is 0 Å². The first-order chi connectivity index (χ1) is 5.82. The summed E-state index contributed by atoms with van der Waals surface area (Å²) in [5, 5.41) is 6.06. The highest BCUT2D eigenvalue weighted by atomic mass is 15.2. The standard InChI is InChI=1S/C8H19N.CH5N3/c1-6-9(7(2)3)8(4)5;2-1(3)4/h7-8H,6H2,1-5H3;(H5,2,3,4). The molecule has 4 heteroatoms. The van der Waals surface area contributed by atoms with E-state index in [1.54, 1.807) is 0 Å². The van der Waals surface area contributed by atoms with E-state index in [9.17, 15) is 0 Å². The van der Waals surface area contributed by atoms with Crippen LogP contribution >= 0.6 is 0 Å². The molecule has 0 bridgehead atoms. The van der Waals surface area contributed by atoms with Gasteiger partial charge in [0.15, 0.2) is 5.96 Å². The molecule has 0 aliphatic heterocycles. The van der Waals surface area contributed by atoms with Crippen molar-refractivity contribution in [2.75, 3.05) is 6.54 Å². The topological polar surface area (TPSA) is 79.1 Å². The lowest BCUT2D eigenvalue weighted by molar-refractivity contribution is 0.185. The van der Waals surface area contributed by atoms with Gasteiger partial charge in [-0.2, -0.15) is 0 Å². The zero-order chi connectivity index (χ0) is 11.0. The van der Waals surface area contributed by atoms with E-state index < -0.39 is 0 Å². The second-order valence-corrected chi connectivity index (χ2v) is 3.47. The number of nitrogens with zero attached hydrogens (tertiary/aromatic N) is 1. The lowest BCUT2D eigenvalue weighted by Crippen LogP contribution is -2.36. The lowest BCUT2D eigenvalue weighted by atomic mass is 10.2. The lowest BCUT2D eigenvalue weighted by Gasteiger charge is -2.28. The van der Waals surface area contributed by atoms with Crippen molar-refractivity contribution in [3.05, 3.63) is 0 Å². The first-order valence-electron chi connectivity index (χ1n) is 4.68. The minimum Gasteiger partial charge on any atom is -0.370 e. The van der Waals surface area contributed by atoms with Gasteiger partial charge in [-0.05, 0) is 34.2 Å². The molecule has 0 saturated heterocycles. The molecule has 0 amide bonds. The van der Waals surface area contributed by atoms with E-state index in [4.69, 9.17) is 5.41 Å². The minimum absolute atomic E-state index is 0.333. The molecular weight excluding hydrogens is 164 g/mol. The number of hydrogen-bond donors (Lipinski definition) is 3. The van der Waals surface area contributed by atoms with E-state index in [0.717, 1.165) is 6.54 Å². The molecule has 0 aromatic rings. The van der Waals surface area contributed by atoms with E-state index in [0.29, 0.717) is 12.1 Å². The molecule has 0 rings (SSSR count). The first kappa shape index (κ1) is 14.7. The predicted octanol–water partition coefficient (Wildman–Crippen LogP) is 0.964. The van der Waals surface area contributed by atoms with Crippen molar-refractivity contribution in [3.8, 4) is 0 Å². The second kappa shape index (κ2) is 7.86. The molecule has 0 radical (unpaired) electrons. The van der Waals surface area contributed by atoms with Crippen LogP contribution in [0.4, 0.5) is 0 Å². The molecule has 0 heterocycles. The Balaban J connectivity index is 0. The van der Waals surface area contributed by atoms with Gasteiger partial charge in [-0.1, -0.05) is 6.92 Å². The molecule has 80 valence electrons. The van der Waals surface area contributed by atoms with Crippen molar-refractivity contribution in [1.82, 2.24) is 4.90 Å². The van der Waals surface area contributed by atoms with E-state index in [1.165, 1.54) is 0 Å². The number of rotatable bonds is 3. The zero-order valence-corrected chi connectivity index (χ0v) is 9.46. The van der Waals surface area contributed by atoms with Crippen LogP contribution in [0.5, 0.6) is 0 Å². The van der Waals surface area contributed by atoms with Crippen LogP contribution in [-0.4, -0.2) is 29.5 Å². The summed E-state index contributed by atoms with van der Waals surface area (Å²) in [6.45, 7) is 12.3. The van der Waals surface area contributed by atoms with Crippen molar-refractivity contribution in [2.24, 2.45) is 11.5 Å². The van der Waals surface area contributed by atoms with E-state index in [1.807, 2.05) is 0 Å². The van der Waals surface area contributed by atoms with Crippen molar-refractivity contribution >= 4 is 5.96 Å².